The highest BCUT2D eigenvalue weighted by Gasteiger charge is 2.51. The van der Waals surface area contributed by atoms with Gasteiger partial charge in [-0.05, 0) is 114 Å². The Hall–Kier alpha value is -8.50. The van der Waals surface area contributed by atoms with Crippen molar-refractivity contribution in [3.8, 4) is 89.5 Å². The average Bonchev–Trinajstić information content (AvgIpc) is 4.05. The van der Waals surface area contributed by atoms with Crippen molar-refractivity contribution in [2.75, 3.05) is 0 Å². The molecule has 0 atom stereocenters. The Labute approximate surface area is 399 Å². The summed E-state index contributed by atoms with van der Waals surface area (Å²) in [6.07, 6.45) is 0. The second kappa shape index (κ2) is 15.3. The summed E-state index contributed by atoms with van der Waals surface area (Å²) in [7, 11) is 0. The molecule has 2 aromatic heterocycles. The van der Waals surface area contributed by atoms with Crippen LogP contribution < -0.4 is 0 Å². The van der Waals surface area contributed by atoms with E-state index in [1.807, 2.05) is 11.3 Å². The third kappa shape index (κ3) is 5.83. The topological polar surface area (TPSA) is 25.8 Å². The van der Waals surface area contributed by atoms with Crippen LogP contribution in [0.3, 0.4) is 0 Å². The maximum atomic E-state index is 5.45. The van der Waals surface area contributed by atoms with E-state index in [1.165, 1.54) is 86.9 Å². The van der Waals surface area contributed by atoms with Crippen LogP contribution in [-0.4, -0.2) is 9.97 Å². The van der Waals surface area contributed by atoms with Gasteiger partial charge in [0.25, 0.3) is 0 Å². The molecule has 0 bridgehead atoms. The van der Waals surface area contributed by atoms with Crippen LogP contribution in [0.1, 0.15) is 22.3 Å². The van der Waals surface area contributed by atoms with Gasteiger partial charge in [0.1, 0.15) is 0 Å². The van der Waals surface area contributed by atoms with Gasteiger partial charge in [-0.3, -0.25) is 0 Å². The fourth-order valence-electron chi connectivity index (χ4n) is 11.4. The predicted molar refractivity (Wildman–Crippen MR) is 284 cm³/mol. The molecule has 3 heteroatoms. The Morgan fingerprint density at radius 1 is 0.279 bits per heavy atom. The van der Waals surface area contributed by atoms with Crippen molar-refractivity contribution in [1.29, 1.82) is 0 Å². The third-order valence-electron chi connectivity index (χ3n) is 14.3. The van der Waals surface area contributed by atoms with Crippen molar-refractivity contribution in [2.45, 2.75) is 5.41 Å². The first kappa shape index (κ1) is 38.7. The average molecular weight is 881 g/mol. The summed E-state index contributed by atoms with van der Waals surface area (Å²) >= 11 is 1.86. The lowest BCUT2D eigenvalue weighted by Crippen LogP contribution is -2.25. The molecule has 0 saturated heterocycles. The third-order valence-corrected chi connectivity index (χ3v) is 15.5. The molecule has 1 spiro atoms. The fourth-order valence-corrected chi connectivity index (χ4v) is 12.6. The summed E-state index contributed by atoms with van der Waals surface area (Å²) in [5, 5.41) is 2.57. The second-order valence-corrected chi connectivity index (χ2v) is 19.0. The minimum absolute atomic E-state index is 0.409. The smallest absolute Gasteiger partial charge is 0.160 e. The first-order valence-electron chi connectivity index (χ1n) is 23.3. The maximum Gasteiger partial charge on any atom is 0.160 e. The largest absolute Gasteiger partial charge is 0.228 e. The standard InChI is InChI=1S/C65H40N2S/c1-3-18-41(19-4-1)47-22-7-8-23-48(47)44-36-45(49-28-17-29-54-53-27-12-16-33-62(53)68-63(49)54)38-46(37-44)61-40-60(66-64(67-61)42-20-5-2-6-21-42)43-34-35-59-55(39-43)52-26-11-15-32-58(52)65(59)56-30-13-9-24-50(56)51-25-10-14-31-57(51)65/h1-40H. The van der Waals surface area contributed by atoms with Gasteiger partial charge in [0.15, 0.2) is 5.82 Å². The number of fused-ring (bicyclic) bond motifs is 13. The van der Waals surface area contributed by atoms with Crippen molar-refractivity contribution in [2.24, 2.45) is 0 Å². The second-order valence-electron chi connectivity index (χ2n) is 18.0. The minimum atomic E-state index is -0.409. The molecule has 0 aliphatic heterocycles. The van der Waals surface area contributed by atoms with Crippen LogP contribution in [0.4, 0.5) is 0 Å². The Bertz CT molecular complexity index is 3930. The highest BCUT2D eigenvalue weighted by atomic mass is 32.1. The molecule has 0 fully saturated rings. The van der Waals surface area contributed by atoms with Crippen LogP contribution in [0.25, 0.3) is 110 Å². The van der Waals surface area contributed by atoms with Gasteiger partial charge in [0, 0.05) is 36.9 Å². The van der Waals surface area contributed by atoms with Crippen molar-refractivity contribution in [3.63, 3.8) is 0 Å². The van der Waals surface area contributed by atoms with E-state index in [2.05, 4.69) is 243 Å². The van der Waals surface area contributed by atoms with Crippen molar-refractivity contribution < 1.29 is 0 Å². The number of hydrogen-bond donors (Lipinski definition) is 0. The zero-order valence-corrected chi connectivity index (χ0v) is 37.7. The van der Waals surface area contributed by atoms with Crippen molar-refractivity contribution >= 4 is 31.5 Å². The zero-order chi connectivity index (χ0) is 44.8. The molecule has 10 aromatic carbocycles. The molecule has 0 N–H and O–H groups in total. The van der Waals surface area contributed by atoms with Gasteiger partial charge in [-0.1, -0.05) is 206 Å². The lowest BCUT2D eigenvalue weighted by molar-refractivity contribution is 0.794. The van der Waals surface area contributed by atoms with Gasteiger partial charge in [-0.15, -0.1) is 11.3 Å². The molecular formula is C65H40N2S. The molecule has 14 rings (SSSR count). The Morgan fingerprint density at radius 2 is 0.750 bits per heavy atom. The molecule has 316 valence electrons. The Balaban J connectivity index is 0.999. The number of rotatable bonds is 6. The zero-order valence-electron chi connectivity index (χ0n) is 36.9. The van der Waals surface area contributed by atoms with E-state index >= 15 is 0 Å². The molecule has 12 aromatic rings. The van der Waals surface area contributed by atoms with Crippen molar-refractivity contribution in [3.05, 3.63) is 265 Å². The predicted octanol–water partition coefficient (Wildman–Crippen LogP) is 17.2. The highest BCUT2D eigenvalue weighted by Crippen LogP contribution is 2.63. The maximum absolute atomic E-state index is 5.45. The molecule has 0 radical (unpaired) electrons. The molecular weight excluding hydrogens is 841 g/mol. The SMILES string of the molecule is c1ccc(-c2nc(-c3cc(-c4ccccc4-c4ccccc4)cc(-c4cccc5c4sc4ccccc45)c3)cc(-c3ccc4c(c3)-c3ccccc3C43c4ccccc4-c4ccccc43)n2)cc1. The first-order chi connectivity index (χ1) is 33.7. The van der Waals surface area contributed by atoms with Crippen LogP contribution >= 0.6 is 11.3 Å². The Kier molecular flexibility index (Phi) is 8.71. The van der Waals surface area contributed by atoms with Crippen LogP contribution in [0.15, 0.2) is 243 Å². The molecule has 0 saturated carbocycles. The number of benzene rings is 10. The number of hydrogen-bond acceptors (Lipinski definition) is 3. The van der Waals surface area contributed by atoms with Crippen LogP contribution in [0, 0.1) is 0 Å². The normalized spacial score (nSPS) is 12.8. The van der Waals surface area contributed by atoms with Crippen LogP contribution in [-0.2, 0) is 5.41 Å². The van der Waals surface area contributed by atoms with E-state index in [9.17, 15) is 0 Å². The minimum Gasteiger partial charge on any atom is -0.228 e. The fraction of sp³-hybridized carbons (Fsp3) is 0.0154. The van der Waals surface area contributed by atoms with Gasteiger partial charge in [-0.2, -0.15) is 0 Å². The molecule has 0 unspecified atom stereocenters. The summed E-state index contributed by atoms with van der Waals surface area (Å²) in [5.41, 5.74) is 21.9. The molecule has 2 heterocycles. The van der Waals surface area contributed by atoms with E-state index in [-0.39, 0.29) is 0 Å². The summed E-state index contributed by atoms with van der Waals surface area (Å²) in [4.78, 5) is 10.9. The van der Waals surface area contributed by atoms with Gasteiger partial charge >= 0.3 is 0 Å². The number of thiophene rings is 1. The molecule has 2 aliphatic carbocycles. The van der Waals surface area contributed by atoms with E-state index < -0.39 is 5.41 Å². The van der Waals surface area contributed by atoms with Crippen LogP contribution in [0.5, 0.6) is 0 Å². The molecule has 68 heavy (non-hydrogen) atoms. The van der Waals surface area contributed by atoms with Crippen molar-refractivity contribution in [1.82, 2.24) is 9.97 Å². The molecule has 2 aliphatic rings. The molecule has 0 amide bonds. The summed E-state index contributed by atoms with van der Waals surface area (Å²) in [5.74, 6) is 0.692. The van der Waals surface area contributed by atoms with E-state index in [1.54, 1.807) is 0 Å². The van der Waals surface area contributed by atoms with Gasteiger partial charge < -0.3 is 0 Å². The molecule has 2 nitrogen and oxygen atoms in total. The summed E-state index contributed by atoms with van der Waals surface area (Å²) < 4.78 is 2.57. The lowest BCUT2D eigenvalue weighted by Gasteiger charge is -2.30. The lowest BCUT2D eigenvalue weighted by atomic mass is 9.70. The number of nitrogens with zero attached hydrogens (tertiary/aromatic N) is 2. The van der Waals surface area contributed by atoms with Gasteiger partial charge in [0.2, 0.25) is 0 Å². The monoisotopic (exact) mass is 880 g/mol. The van der Waals surface area contributed by atoms with E-state index in [0.717, 1.165) is 39.2 Å². The Morgan fingerprint density at radius 3 is 1.43 bits per heavy atom. The van der Waals surface area contributed by atoms with Gasteiger partial charge in [0.05, 0.1) is 16.8 Å². The quantitative estimate of drug-likeness (QED) is 0.166. The van der Waals surface area contributed by atoms with Crippen LogP contribution in [0.2, 0.25) is 0 Å². The first-order valence-corrected chi connectivity index (χ1v) is 24.1. The van der Waals surface area contributed by atoms with E-state index in [4.69, 9.17) is 9.97 Å². The van der Waals surface area contributed by atoms with Gasteiger partial charge in [-0.25, -0.2) is 9.97 Å². The van der Waals surface area contributed by atoms with E-state index in [0.29, 0.717) is 5.82 Å². The number of aromatic nitrogens is 2. The highest BCUT2D eigenvalue weighted by molar-refractivity contribution is 7.26. The summed E-state index contributed by atoms with van der Waals surface area (Å²) in [6, 6.07) is 88.7. The summed E-state index contributed by atoms with van der Waals surface area (Å²) in [6.45, 7) is 0.